The van der Waals surface area contributed by atoms with Crippen molar-refractivity contribution in [2.24, 2.45) is 0 Å². The largest absolute Gasteiger partial charge is 0.462 e. The third-order valence-corrected chi connectivity index (χ3v) is 12.7. The molecule has 0 aliphatic rings. The summed E-state index contributed by atoms with van der Waals surface area (Å²) in [5.74, 6) is -0.947. The van der Waals surface area contributed by atoms with Crippen molar-refractivity contribution in [1.29, 1.82) is 0 Å². The van der Waals surface area contributed by atoms with Crippen LogP contribution in [0.25, 0.3) is 0 Å². The van der Waals surface area contributed by atoms with Gasteiger partial charge >= 0.3 is 17.9 Å². The number of carbonyl (C=O) groups excluding carboxylic acids is 3. The quantitative estimate of drug-likeness (QED) is 0.0261. The van der Waals surface area contributed by atoms with Crippen LogP contribution in [0.1, 0.15) is 265 Å². The molecule has 424 valence electrons. The van der Waals surface area contributed by atoms with Crippen LogP contribution >= 0.6 is 0 Å². The molecule has 6 nitrogen and oxygen atoms in total. The summed E-state index contributed by atoms with van der Waals surface area (Å²) in [6, 6.07) is 0. The van der Waals surface area contributed by atoms with E-state index < -0.39 is 6.10 Å². The van der Waals surface area contributed by atoms with Gasteiger partial charge in [0.15, 0.2) is 6.10 Å². The summed E-state index contributed by atoms with van der Waals surface area (Å²) < 4.78 is 16.7. The predicted octanol–water partition coefficient (Wildman–Crippen LogP) is 21.0. The number of hydrogen-bond donors (Lipinski definition) is 0. The van der Waals surface area contributed by atoms with E-state index in [1.54, 1.807) is 0 Å². The van der Waals surface area contributed by atoms with E-state index in [2.05, 4.69) is 154 Å². The zero-order chi connectivity index (χ0) is 54.3. The average Bonchev–Trinajstić information content (AvgIpc) is 3.41. The summed E-state index contributed by atoms with van der Waals surface area (Å²) in [7, 11) is 0. The first-order chi connectivity index (χ1) is 37.0. The highest BCUT2D eigenvalue weighted by Crippen LogP contribution is 2.15. The molecule has 0 amide bonds. The first-order valence-corrected chi connectivity index (χ1v) is 30.7. The van der Waals surface area contributed by atoms with Crippen LogP contribution in [0.15, 0.2) is 134 Å². The molecule has 0 spiro atoms. The molecule has 0 saturated heterocycles. The third kappa shape index (κ3) is 60.3. The van der Waals surface area contributed by atoms with Gasteiger partial charge in [0.05, 0.1) is 0 Å². The number of rotatable bonds is 54. The summed E-state index contributed by atoms with van der Waals surface area (Å²) >= 11 is 0. The van der Waals surface area contributed by atoms with Crippen molar-refractivity contribution in [3.05, 3.63) is 134 Å². The van der Waals surface area contributed by atoms with Crippen LogP contribution in [0.4, 0.5) is 0 Å². The molecule has 0 radical (unpaired) electrons. The van der Waals surface area contributed by atoms with E-state index >= 15 is 0 Å². The molecular weight excluding hydrogens is 925 g/mol. The minimum atomic E-state index is -0.799. The van der Waals surface area contributed by atoms with Gasteiger partial charge < -0.3 is 14.2 Å². The maximum Gasteiger partial charge on any atom is 0.306 e. The molecule has 0 aliphatic carbocycles. The van der Waals surface area contributed by atoms with Crippen molar-refractivity contribution in [3.63, 3.8) is 0 Å². The second-order valence-corrected chi connectivity index (χ2v) is 19.9. The smallest absolute Gasteiger partial charge is 0.306 e. The lowest BCUT2D eigenvalue weighted by Crippen LogP contribution is -2.30. The minimum Gasteiger partial charge on any atom is -0.462 e. The molecule has 0 heterocycles. The lowest BCUT2D eigenvalue weighted by molar-refractivity contribution is -0.167. The molecule has 0 aromatic heterocycles. The van der Waals surface area contributed by atoms with Gasteiger partial charge in [0.25, 0.3) is 0 Å². The third-order valence-electron chi connectivity index (χ3n) is 12.7. The molecule has 75 heavy (non-hydrogen) atoms. The Hall–Kier alpha value is -4.45. The van der Waals surface area contributed by atoms with Gasteiger partial charge in [-0.25, -0.2) is 0 Å². The molecule has 1 atom stereocenters. The molecule has 0 bridgehead atoms. The topological polar surface area (TPSA) is 78.9 Å². The van der Waals surface area contributed by atoms with Gasteiger partial charge in [0.1, 0.15) is 13.2 Å². The maximum atomic E-state index is 12.8. The van der Waals surface area contributed by atoms with Crippen LogP contribution in [0.3, 0.4) is 0 Å². The van der Waals surface area contributed by atoms with Gasteiger partial charge in [0, 0.05) is 19.3 Å². The van der Waals surface area contributed by atoms with E-state index in [1.165, 1.54) is 96.3 Å². The molecule has 1 unspecified atom stereocenters. The van der Waals surface area contributed by atoms with Gasteiger partial charge in [-0.05, 0) is 116 Å². The van der Waals surface area contributed by atoms with Gasteiger partial charge in [-0.15, -0.1) is 0 Å². The minimum absolute atomic E-state index is 0.0958. The van der Waals surface area contributed by atoms with Crippen molar-refractivity contribution in [2.45, 2.75) is 271 Å². The summed E-state index contributed by atoms with van der Waals surface area (Å²) in [6.07, 6.45) is 87.8. The van der Waals surface area contributed by atoms with Crippen molar-refractivity contribution >= 4 is 17.9 Å². The first-order valence-electron chi connectivity index (χ1n) is 30.7. The van der Waals surface area contributed by atoms with E-state index in [1.807, 2.05) is 0 Å². The first kappa shape index (κ1) is 70.5. The van der Waals surface area contributed by atoms with Crippen molar-refractivity contribution < 1.29 is 28.6 Å². The number of hydrogen-bond acceptors (Lipinski definition) is 6. The predicted molar refractivity (Wildman–Crippen MR) is 325 cm³/mol. The summed E-state index contributed by atoms with van der Waals surface area (Å²) in [4.78, 5) is 37.9. The SMILES string of the molecule is CC/C=C\C/C=C\C/C=C\C/C=C\C/C=C\C/C=C\C/C=C\CCCCCCCCCCCCCCCC(=O)OCC(COC(=O)CCCCCCCCC)OC(=O)CCCC/C=C\C/C=C\C/C=C\C/C=C\CC. The zero-order valence-electron chi connectivity index (χ0n) is 48.5. The van der Waals surface area contributed by atoms with E-state index in [0.717, 1.165) is 122 Å². The molecule has 6 heteroatoms. The van der Waals surface area contributed by atoms with E-state index in [-0.39, 0.29) is 37.5 Å². The number of carbonyl (C=O) groups is 3. The van der Waals surface area contributed by atoms with E-state index in [9.17, 15) is 14.4 Å². The average molecular weight is 1040 g/mol. The number of esters is 3. The standard InChI is InChI=1S/C69H112O6/c1-4-7-10-13-16-18-20-22-24-25-26-27-28-29-30-31-32-33-34-35-36-37-38-39-40-41-42-43-45-46-48-50-53-56-59-62-68(71)74-65-66(64-73-67(70)61-58-55-52-15-12-9-6-3)75-69(72)63-60-57-54-51-49-47-44-23-21-19-17-14-11-8-5-2/h7-8,10-11,16-19,22-24,26-27,29-30,32-33,35-36,44,49,51,66H,4-6,9,12-15,20-21,25,28,31,34,37-43,45-48,50,52-65H2,1-3H3/b10-7-,11-8-,18-16-,19-17-,24-22-,27-26-,30-29-,33-32-,36-35-,44-23-,51-49-. The fourth-order valence-corrected chi connectivity index (χ4v) is 8.12. The molecule has 0 aromatic carbocycles. The van der Waals surface area contributed by atoms with Crippen LogP contribution in [0.2, 0.25) is 0 Å². The highest BCUT2D eigenvalue weighted by molar-refractivity contribution is 5.71. The van der Waals surface area contributed by atoms with Crippen LogP contribution in [0, 0.1) is 0 Å². The molecule has 0 aromatic rings. The lowest BCUT2D eigenvalue weighted by Gasteiger charge is -2.18. The van der Waals surface area contributed by atoms with Crippen LogP contribution in [-0.4, -0.2) is 37.2 Å². The Balaban J connectivity index is 4.09. The summed E-state index contributed by atoms with van der Waals surface area (Å²) in [5, 5.41) is 0. The normalized spacial score (nSPS) is 13.1. The Bertz CT molecular complexity index is 1620. The fraction of sp³-hybridized carbons (Fsp3) is 0.638. The second kappa shape index (κ2) is 62.1. The zero-order valence-corrected chi connectivity index (χ0v) is 48.5. The van der Waals surface area contributed by atoms with Gasteiger partial charge in [-0.2, -0.15) is 0 Å². The monoisotopic (exact) mass is 1040 g/mol. The summed E-state index contributed by atoms with van der Waals surface area (Å²) in [6.45, 7) is 6.33. The Morgan fingerprint density at radius 2 is 0.520 bits per heavy atom. The number of ether oxygens (including phenoxy) is 3. The number of unbranched alkanes of at least 4 members (excludes halogenated alkanes) is 21. The second-order valence-electron chi connectivity index (χ2n) is 19.9. The molecule has 0 saturated carbocycles. The van der Waals surface area contributed by atoms with Crippen molar-refractivity contribution in [3.8, 4) is 0 Å². The Morgan fingerprint density at radius 1 is 0.280 bits per heavy atom. The Kier molecular flexibility index (Phi) is 58.4. The van der Waals surface area contributed by atoms with E-state index in [4.69, 9.17) is 14.2 Å². The number of allylic oxidation sites excluding steroid dienone is 22. The van der Waals surface area contributed by atoms with Crippen LogP contribution in [0.5, 0.6) is 0 Å². The molecule has 0 N–H and O–H groups in total. The Morgan fingerprint density at radius 3 is 0.840 bits per heavy atom. The van der Waals surface area contributed by atoms with Crippen LogP contribution < -0.4 is 0 Å². The maximum absolute atomic E-state index is 12.8. The van der Waals surface area contributed by atoms with Crippen molar-refractivity contribution in [1.82, 2.24) is 0 Å². The lowest BCUT2D eigenvalue weighted by atomic mass is 10.0. The highest BCUT2D eigenvalue weighted by atomic mass is 16.6. The van der Waals surface area contributed by atoms with Gasteiger partial charge in [0.2, 0.25) is 0 Å². The van der Waals surface area contributed by atoms with E-state index in [0.29, 0.717) is 19.3 Å². The van der Waals surface area contributed by atoms with Gasteiger partial charge in [-0.3, -0.25) is 14.4 Å². The fourth-order valence-electron chi connectivity index (χ4n) is 8.12. The van der Waals surface area contributed by atoms with Crippen molar-refractivity contribution in [2.75, 3.05) is 13.2 Å². The highest BCUT2D eigenvalue weighted by Gasteiger charge is 2.19. The Labute approximate surface area is 462 Å². The molecular formula is C69H112O6. The van der Waals surface area contributed by atoms with Crippen LogP contribution in [-0.2, 0) is 28.6 Å². The molecule has 0 fully saturated rings. The molecule has 0 aliphatic heterocycles. The summed E-state index contributed by atoms with van der Waals surface area (Å²) in [5.41, 5.74) is 0. The van der Waals surface area contributed by atoms with Gasteiger partial charge in [-0.1, -0.05) is 264 Å². The molecule has 0 rings (SSSR count).